The summed E-state index contributed by atoms with van der Waals surface area (Å²) in [5, 5.41) is 2.80. The van der Waals surface area contributed by atoms with Gasteiger partial charge in [-0.2, -0.15) is 0 Å². The first-order valence-electron chi connectivity index (χ1n) is 9.38. The molecule has 0 aromatic heterocycles. The molecule has 0 spiro atoms. The molecule has 146 valence electrons. The standard InChI is InChI=1S/C21H21NO6/c23-21-22-16-18(28-21)17-15(12-25-19(27-17)14-9-5-2-6-10-14)26-20(16)24-11-13-7-3-1-4-8-13/h1-10,15-20H,11-12H2,(H,22,23)/t15-,16+,17-,18-,19-,20+/m1/s1. The predicted octanol–water partition coefficient (Wildman–Crippen LogP) is 2.52. The van der Waals surface area contributed by atoms with E-state index in [-0.39, 0.29) is 6.10 Å². The molecular formula is C21H21NO6. The molecule has 0 aliphatic carbocycles. The number of amides is 1. The van der Waals surface area contributed by atoms with Gasteiger partial charge < -0.3 is 29.0 Å². The van der Waals surface area contributed by atoms with Crippen molar-refractivity contribution in [2.24, 2.45) is 0 Å². The number of ether oxygens (including phenoxy) is 5. The molecule has 3 fully saturated rings. The fourth-order valence-corrected chi connectivity index (χ4v) is 3.83. The Morgan fingerprint density at radius 3 is 2.50 bits per heavy atom. The monoisotopic (exact) mass is 383 g/mol. The first-order valence-corrected chi connectivity index (χ1v) is 9.38. The SMILES string of the molecule is O=C1N[C@@H]2[C@@H](OCc3ccccc3)O[C@@H]3CO[C@@H](c4ccccc4)O[C@H]3[C@@H]2O1. The van der Waals surface area contributed by atoms with Crippen LogP contribution in [0, 0.1) is 0 Å². The van der Waals surface area contributed by atoms with Crippen molar-refractivity contribution in [1.82, 2.24) is 5.32 Å². The maximum Gasteiger partial charge on any atom is 0.408 e. The summed E-state index contributed by atoms with van der Waals surface area (Å²) in [5.74, 6) is 0. The fraction of sp³-hybridized carbons (Fsp3) is 0.381. The summed E-state index contributed by atoms with van der Waals surface area (Å²) in [7, 11) is 0. The van der Waals surface area contributed by atoms with Gasteiger partial charge in [-0.3, -0.25) is 0 Å². The number of carbonyl (C=O) groups is 1. The molecule has 0 bridgehead atoms. The Morgan fingerprint density at radius 1 is 0.964 bits per heavy atom. The van der Waals surface area contributed by atoms with Crippen LogP contribution in [-0.2, 0) is 30.3 Å². The number of rotatable bonds is 4. The molecule has 3 aliphatic heterocycles. The van der Waals surface area contributed by atoms with Crippen molar-refractivity contribution >= 4 is 6.09 Å². The Hall–Kier alpha value is -2.45. The Kier molecular flexibility index (Phi) is 4.74. The van der Waals surface area contributed by atoms with Gasteiger partial charge in [0.05, 0.1) is 13.2 Å². The van der Waals surface area contributed by atoms with Gasteiger partial charge in [0.25, 0.3) is 0 Å². The maximum atomic E-state index is 11.9. The van der Waals surface area contributed by atoms with Crippen molar-refractivity contribution in [3.8, 4) is 0 Å². The van der Waals surface area contributed by atoms with Gasteiger partial charge >= 0.3 is 6.09 Å². The van der Waals surface area contributed by atoms with Gasteiger partial charge in [-0.1, -0.05) is 60.7 Å². The highest BCUT2D eigenvalue weighted by Crippen LogP contribution is 2.37. The molecule has 7 nitrogen and oxygen atoms in total. The first-order chi connectivity index (χ1) is 13.8. The van der Waals surface area contributed by atoms with Gasteiger partial charge in [-0.05, 0) is 5.56 Å². The van der Waals surface area contributed by atoms with E-state index < -0.39 is 36.9 Å². The first kappa shape index (κ1) is 17.6. The molecule has 2 aromatic carbocycles. The van der Waals surface area contributed by atoms with E-state index >= 15 is 0 Å². The van der Waals surface area contributed by atoms with Crippen LogP contribution >= 0.6 is 0 Å². The molecule has 5 rings (SSSR count). The van der Waals surface area contributed by atoms with Crippen LogP contribution in [0.5, 0.6) is 0 Å². The van der Waals surface area contributed by atoms with E-state index in [0.717, 1.165) is 11.1 Å². The Labute approximate surface area is 162 Å². The predicted molar refractivity (Wildman–Crippen MR) is 97.1 cm³/mol. The van der Waals surface area contributed by atoms with Crippen LogP contribution in [0.1, 0.15) is 17.4 Å². The van der Waals surface area contributed by atoms with Gasteiger partial charge in [0.1, 0.15) is 18.2 Å². The lowest BCUT2D eigenvalue weighted by Crippen LogP contribution is -2.63. The van der Waals surface area contributed by atoms with Gasteiger partial charge in [0.15, 0.2) is 18.7 Å². The molecule has 0 radical (unpaired) electrons. The van der Waals surface area contributed by atoms with Crippen LogP contribution in [-0.4, -0.2) is 43.3 Å². The summed E-state index contributed by atoms with van der Waals surface area (Å²) >= 11 is 0. The lowest BCUT2D eigenvalue weighted by molar-refractivity contribution is -0.338. The summed E-state index contributed by atoms with van der Waals surface area (Å²) in [6.07, 6.45) is -2.96. The number of hydrogen-bond acceptors (Lipinski definition) is 6. The minimum Gasteiger partial charge on any atom is -0.441 e. The zero-order valence-electron chi connectivity index (χ0n) is 15.1. The minimum atomic E-state index is -0.640. The molecule has 3 heterocycles. The number of carbonyl (C=O) groups excluding carboxylic acids is 1. The second-order valence-corrected chi connectivity index (χ2v) is 7.06. The van der Waals surface area contributed by atoms with E-state index in [4.69, 9.17) is 23.7 Å². The smallest absolute Gasteiger partial charge is 0.408 e. The number of nitrogens with one attached hydrogen (secondary N) is 1. The maximum absolute atomic E-state index is 11.9. The summed E-state index contributed by atoms with van der Waals surface area (Å²) in [4.78, 5) is 11.9. The lowest BCUT2D eigenvalue weighted by atomic mass is 9.96. The van der Waals surface area contributed by atoms with E-state index in [1.165, 1.54) is 0 Å². The third-order valence-corrected chi connectivity index (χ3v) is 5.20. The molecular weight excluding hydrogens is 362 g/mol. The third kappa shape index (κ3) is 3.38. The highest BCUT2D eigenvalue weighted by Gasteiger charge is 2.55. The third-order valence-electron chi connectivity index (χ3n) is 5.20. The molecule has 1 amide bonds. The quantitative estimate of drug-likeness (QED) is 0.875. The van der Waals surface area contributed by atoms with Crippen LogP contribution in [0.15, 0.2) is 60.7 Å². The van der Waals surface area contributed by atoms with E-state index in [2.05, 4.69) is 5.32 Å². The van der Waals surface area contributed by atoms with Crippen molar-refractivity contribution in [3.05, 3.63) is 71.8 Å². The fourth-order valence-electron chi connectivity index (χ4n) is 3.83. The largest absolute Gasteiger partial charge is 0.441 e. The van der Waals surface area contributed by atoms with Crippen LogP contribution < -0.4 is 5.32 Å². The van der Waals surface area contributed by atoms with Crippen molar-refractivity contribution < 1.29 is 28.5 Å². The van der Waals surface area contributed by atoms with Gasteiger partial charge in [0, 0.05) is 5.56 Å². The summed E-state index contributed by atoms with van der Waals surface area (Å²) in [6.45, 7) is 0.701. The molecule has 3 aliphatic rings. The Balaban J connectivity index is 1.31. The molecule has 28 heavy (non-hydrogen) atoms. The lowest BCUT2D eigenvalue weighted by Gasteiger charge is -2.45. The van der Waals surface area contributed by atoms with E-state index in [1.807, 2.05) is 60.7 Å². The number of fused-ring (bicyclic) bond motifs is 3. The molecule has 2 aromatic rings. The highest BCUT2D eigenvalue weighted by molar-refractivity contribution is 5.70. The van der Waals surface area contributed by atoms with E-state index in [0.29, 0.717) is 13.2 Å². The van der Waals surface area contributed by atoms with Gasteiger partial charge in [-0.15, -0.1) is 0 Å². The van der Waals surface area contributed by atoms with Crippen molar-refractivity contribution in [2.75, 3.05) is 6.61 Å². The van der Waals surface area contributed by atoms with Crippen LogP contribution in [0.3, 0.4) is 0 Å². The van der Waals surface area contributed by atoms with Crippen molar-refractivity contribution in [3.63, 3.8) is 0 Å². The number of hydrogen-bond donors (Lipinski definition) is 1. The summed E-state index contributed by atoms with van der Waals surface area (Å²) in [5.41, 5.74) is 1.94. The Bertz CT molecular complexity index is 816. The average Bonchev–Trinajstić information content (AvgIpc) is 3.15. The second kappa shape index (κ2) is 7.52. The summed E-state index contributed by atoms with van der Waals surface area (Å²) in [6, 6.07) is 19.0. The topological polar surface area (TPSA) is 75.3 Å². The second-order valence-electron chi connectivity index (χ2n) is 7.06. The zero-order valence-corrected chi connectivity index (χ0v) is 15.1. The molecule has 7 heteroatoms. The Morgan fingerprint density at radius 2 is 1.71 bits per heavy atom. The van der Waals surface area contributed by atoms with Crippen molar-refractivity contribution in [1.29, 1.82) is 0 Å². The van der Waals surface area contributed by atoms with Gasteiger partial charge in [-0.25, -0.2) is 4.79 Å². The van der Waals surface area contributed by atoms with Crippen LogP contribution in [0.2, 0.25) is 0 Å². The molecule has 0 unspecified atom stereocenters. The summed E-state index contributed by atoms with van der Waals surface area (Å²) < 4.78 is 29.6. The molecule has 3 saturated heterocycles. The molecule has 6 atom stereocenters. The van der Waals surface area contributed by atoms with Gasteiger partial charge in [0.2, 0.25) is 0 Å². The average molecular weight is 383 g/mol. The normalized spacial score (nSPS) is 34.1. The van der Waals surface area contributed by atoms with Crippen LogP contribution in [0.4, 0.5) is 4.79 Å². The zero-order chi connectivity index (χ0) is 18.9. The van der Waals surface area contributed by atoms with Crippen LogP contribution in [0.25, 0.3) is 0 Å². The van der Waals surface area contributed by atoms with Crippen molar-refractivity contribution in [2.45, 2.75) is 43.5 Å². The molecule has 0 saturated carbocycles. The number of alkyl carbamates (subject to hydrolysis) is 1. The minimum absolute atomic E-state index is 0.330. The molecule has 1 N–H and O–H groups in total. The number of benzene rings is 2. The highest BCUT2D eigenvalue weighted by atomic mass is 16.8. The van der Waals surface area contributed by atoms with E-state index in [1.54, 1.807) is 0 Å². The van der Waals surface area contributed by atoms with E-state index in [9.17, 15) is 4.79 Å².